The molecule has 11 rings (SSSR count). The van der Waals surface area contributed by atoms with E-state index in [0.717, 1.165) is 20.7 Å². The minimum atomic E-state index is -2.12. The molecule has 8 aromatic rings. The van der Waals surface area contributed by atoms with E-state index >= 15 is 19.2 Å². The molecular formula is C60H49N5O8S. The maximum absolute atomic E-state index is 16.9. The Morgan fingerprint density at radius 3 is 2.15 bits per heavy atom. The number of aliphatic hydroxyl groups excluding tert-OH is 1. The highest BCUT2D eigenvalue weighted by molar-refractivity contribution is 7.22. The van der Waals surface area contributed by atoms with Crippen LogP contribution in [0.2, 0.25) is 0 Å². The van der Waals surface area contributed by atoms with Crippen LogP contribution >= 0.6 is 11.3 Å². The second kappa shape index (κ2) is 20.1. The van der Waals surface area contributed by atoms with Crippen molar-refractivity contribution < 1.29 is 38.5 Å². The molecule has 0 radical (unpaired) electrons. The molecule has 74 heavy (non-hydrogen) atoms. The number of urea groups is 1. The molecule has 14 heteroatoms. The topological polar surface area (TPSA) is 160 Å². The molecule has 1 aromatic heterocycles. The third-order valence-corrected chi connectivity index (χ3v) is 15.1. The summed E-state index contributed by atoms with van der Waals surface area (Å²) in [5.74, 6) is 3.66. The van der Waals surface area contributed by atoms with Crippen LogP contribution in [-0.4, -0.2) is 65.2 Å². The third-order valence-electron chi connectivity index (χ3n) is 14.1. The fourth-order valence-corrected chi connectivity index (χ4v) is 11.8. The number of esters is 1. The van der Waals surface area contributed by atoms with E-state index in [0.29, 0.717) is 39.3 Å². The van der Waals surface area contributed by atoms with E-state index in [1.165, 1.54) is 11.3 Å². The highest BCUT2D eigenvalue weighted by atomic mass is 32.1. The molecule has 7 atom stereocenters. The number of nitrogens with zero attached hydrogens (tertiary/aromatic N) is 3. The predicted octanol–water partition coefficient (Wildman–Crippen LogP) is 9.85. The average molecular weight is 1000 g/mol. The van der Waals surface area contributed by atoms with Crippen LogP contribution in [0, 0.1) is 17.8 Å². The number of amides is 4. The molecule has 0 saturated carbocycles. The zero-order valence-electron chi connectivity index (χ0n) is 40.3. The smallest absolute Gasteiger partial charge is 0.329 e. The van der Waals surface area contributed by atoms with Gasteiger partial charge in [0, 0.05) is 16.7 Å². The molecule has 4 heterocycles. The summed E-state index contributed by atoms with van der Waals surface area (Å²) in [6.45, 7) is 1.39. The number of hydrogen-bond donors (Lipinski definition) is 3. The quantitative estimate of drug-likeness (QED) is 0.0841. The summed E-state index contributed by atoms with van der Waals surface area (Å²) in [4.78, 5) is 71.9. The summed E-state index contributed by atoms with van der Waals surface area (Å²) in [6, 6.07) is 50.5. The van der Waals surface area contributed by atoms with Crippen molar-refractivity contribution in [1.82, 2.24) is 15.2 Å². The number of hydrogen-bond acceptors (Lipinski definition) is 11. The maximum Gasteiger partial charge on any atom is 0.329 e. The second-order valence-electron chi connectivity index (χ2n) is 18.3. The number of morpholine rings is 1. The first kappa shape index (κ1) is 47.7. The Balaban J connectivity index is 1.21. The summed E-state index contributed by atoms with van der Waals surface area (Å²) >= 11 is 1.25. The van der Waals surface area contributed by atoms with Gasteiger partial charge in [-0.3, -0.25) is 19.3 Å². The van der Waals surface area contributed by atoms with Gasteiger partial charge in [0.05, 0.1) is 53.7 Å². The van der Waals surface area contributed by atoms with Gasteiger partial charge in [-0.2, -0.15) is 0 Å². The second-order valence-corrected chi connectivity index (χ2v) is 19.3. The number of methoxy groups -OCH3 is 1. The Bertz CT molecular complexity index is 3440. The summed E-state index contributed by atoms with van der Waals surface area (Å²) < 4.78 is 19.2. The first-order chi connectivity index (χ1) is 36.2. The molecule has 2 fully saturated rings. The van der Waals surface area contributed by atoms with Crippen LogP contribution in [0.1, 0.15) is 70.1 Å². The van der Waals surface area contributed by atoms with E-state index in [4.69, 9.17) is 19.2 Å². The Morgan fingerprint density at radius 1 is 0.784 bits per heavy atom. The number of para-hydroxylation sites is 2. The Morgan fingerprint density at radius 2 is 1.43 bits per heavy atom. The van der Waals surface area contributed by atoms with Crippen molar-refractivity contribution in [1.29, 1.82) is 0 Å². The lowest BCUT2D eigenvalue weighted by molar-refractivity contribution is -0.177. The van der Waals surface area contributed by atoms with Gasteiger partial charge in [-0.15, -0.1) is 0 Å². The van der Waals surface area contributed by atoms with Crippen molar-refractivity contribution >= 4 is 56.2 Å². The normalized spacial score (nSPS) is 21.2. The van der Waals surface area contributed by atoms with E-state index < -0.39 is 65.4 Å². The predicted molar refractivity (Wildman–Crippen MR) is 282 cm³/mol. The number of anilines is 2. The summed E-state index contributed by atoms with van der Waals surface area (Å²) in [6.07, 6.45) is -0.956. The lowest BCUT2D eigenvalue weighted by atomic mass is 9.65. The number of aromatic nitrogens is 1. The number of nitrogens with one attached hydrogen (secondary N) is 2. The Hall–Kier alpha value is -8.61. The number of benzene rings is 7. The third kappa shape index (κ3) is 8.40. The van der Waals surface area contributed by atoms with Gasteiger partial charge in [0.2, 0.25) is 11.8 Å². The van der Waals surface area contributed by atoms with E-state index in [2.05, 4.69) is 22.5 Å². The number of fused-ring (bicyclic) bond motifs is 4. The van der Waals surface area contributed by atoms with Crippen molar-refractivity contribution in [2.24, 2.45) is 5.92 Å². The summed E-state index contributed by atoms with van der Waals surface area (Å²) in [5, 5.41) is 16.6. The Kier molecular flexibility index (Phi) is 13.0. The van der Waals surface area contributed by atoms with E-state index in [1.807, 2.05) is 157 Å². The van der Waals surface area contributed by atoms with Crippen LogP contribution in [0.5, 0.6) is 11.5 Å². The van der Waals surface area contributed by atoms with Crippen molar-refractivity contribution in [3.8, 4) is 23.3 Å². The minimum absolute atomic E-state index is 0.111. The molecule has 2 saturated heterocycles. The van der Waals surface area contributed by atoms with Crippen molar-refractivity contribution in [3.05, 3.63) is 221 Å². The van der Waals surface area contributed by atoms with Gasteiger partial charge in [-0.05, 0) is 89.8 Å². The van der Waals surface area contributed by atoms with Crippen LogP contribution in [0.25, 0.3) is 10.2 Å². The number of cyclic esters (lactones) is 1. The van der Waals surface area contributed by atoms with Gasteiger partial charge >= 0.3 is 12.0 Å². The molecular weight excluding hydrogens is 951 g/mol. The fourth-order valence-electron chi connectivity index (χ4n) is 11.0. The number of carbonyl (C=O) groups is 4. The highest BCUT2D eigenvalue weighted by Crippen LogP contribution is 2.67. The Labute approximate surface area is 431 Å². The van der Waals surface area contributed by atoms with Gasteiger partial charge < -0.3 is 30.0 Å². The zero-order chi connectivity index (χ0) is 50.9. The molecule has 3 aliphatic rings. The van der Waals surface area contributed by atoms with Gasteiger partial charge in [0.1, 0.15) is 35.7 Å². The number of thiazole rings is 1. The first-order valence-electron chi connectivity index (χ1n) is 24.3. The number of aliphatic hydroxyl groups is 1. The van der Waals surface area contributed by atoms with Crippen molar-refractivity contribution in [3.63, 3.8) is 0 Å². The molecule has 0 aliphatic carbocycles. The van der Waals surface area contributed by atoms with Crippen molar-refractivity contribution in [2.75, 3.05) is 30.5 Å². The van der Waals surface area contributed by atoms with E-state index in [-0.39, 0.29) is 29.6 Å². The van der Waals surface area contributed by atoms with Crippen LogP contribution in [0.3, 0.4) is 0 Å². The largest absolute Gasteiger partial charge is 0.497 e. The molecule has 1 spiro atoms. The molecule has 7 aromatic carbocycles. The van der Waals surface area contributed by atoms with Crippen LogP contribution in [-0.2, 0) is 24.5 Å². The van der Waals surface area contributed by atoms with Crippen LogP contribution in [0.15, 0.2) is 182 Å². The molecule has 3 aliphatic heterocycles. The van der Waals surface area contributed by atoms with Gasteiger partial charge in [0.25, 0.3) is 0 Å². The maximum atomic E-state index is 16.9. The average Bonchev–Trinajstić information content (AvgIpc) is 4.10. The lowest BCUT2D eigenvalue weighted by Crippen LogP contribution is -2.55. The zero-order valence-corrected chi connectivity index (χ0v) is 41.1. The van der Waals surface area contributed by atoms with Gasteiger partial charge in [-0.25, -0.2) is 14.7 Å². The number of carbonyl (C=O) groups excluding carboxylic acids is 4. The van der Waals surface area contributed by atoms with Gasteiger partial charge in [-0.1, -0.05) is 145 Å². The molecule has 368 valence electrons. The molecule has 0 unspecified atom stereocenters. The van der Waals surface area contributed by atoms with Crippen molar-refractivity contribution in [2.45, 2.75) is 42.6 Å². The monoisotopic (exact) mass is 999 g/mol. The lowest BCUT2D eigenvalue weighted by Gasteiger charge is -2.46. The fraction of sp³-hybridized carbons (Fsp3) is 0.183. The SMILES string of the molecule is COc1ccc(C#Cc2ccc3c(c2)[C@]2(C(=O)N3C(=O)N[C@H](C)c3ccccc3)[C@H](c3ccccc3OCCO)N3[C@H](c4ccccc4)[C@H](c4ccccc4)OC(=O)[C@H]3[C@@H]2C(=O)Nc2nc3ccccc3s2)cc1. The highest BCUT2D eigenvalue weighted by Gasteiger charge is 2.76. The van der Waals surface area contributed by atoms with Crippen LogP contribution < -0.4 is 25.0 Å². The molecule has 4 amide bonds. The van der Waals surface area contributed by atoms with Gasteiger partial charge in [0.15, 0.2) is 5.13 Å². The van der Waals surface area contributed by atoms with E-state index in [1.54, 1.807) is 43.5 Å². The molecule has 0 bridgehead atoms. The molecule has 13 nitrogen and oxygen atoms in total. The number of ether oxygens (including phenoxy) is 3. The van der Waals surface area contributed by atoms with Crippen LogP contribution in [0.4, 0.5) is 15.6 Å². The first-order valence-corrected chi connectivity index (χ1v) is 25.1. The number of rotatable bonds is 11. The summed E-state index contributed by atoms with van der Waals surface area (Å²) in [5.41, 5.74) is 2.79. The minimum Gasteiger partial charge on any atom is -0.497 e. The standard InChI is InChI=1S/C60H49N5O8S/c1-37(40-16-6-3-7-17-40)61-59(70)64-47-33-30-39(27-26-38-28-31-43(71-2)32-29-38)36-45(47)60(57(64)69)50(55(67)63-58-62-46-23-13-15-25-49(46)74-58)52-56(68)73-53(42-20-10-5-11-21-42)51(41-18-8-4-9-19-41)65(52)54(60)44-22-12-14-24-48(44)72-35-34-66/h3-25,28-33,36-37,50-54,66H,34-35H2,1-2H3,(H,61,70)(H,62,63,67)/t37-,50-,51-,52-,53+,54+,60-/m1/s1. The van der Waals surface area contributed by atoms with E-state index in [9.17, 15) is 5.11 Å². The number of imide groups is 1. The molecule has 3 N–H and O–H groups in total. The summed E-state index contributed by atoms with van der Waals surface area (Å²) in [7, 11) is 1.59.